The quantitative estimate of drug-likeness (QED) is 0.835. The molecule has 1 aromatic carbocycles. The van der Waals surface area contributed by atoms with Crippen LogP contribution in [0.5, 0.6) is 0 Å². The fraction of sp³-hybridized carbons (Fsp3) is 0.250. The van der Waals surface area contributed by atoms with E-state index < -0.39 is 12.1 Å². The fourth-order valence-corrected chi connectivity index (χ4v) is 3.08. The van der Waals surface area contributed by atoms with Gasteiger partial charge in [-0.05, 0) is 30.3 Å². The molecule has 1 fully saturated rings. The second-order valence-corrected chi connectivity index (χ2v) is 5.59. The molecule has 22 heavy (non-hydrogen) atoms. The molecule has 4 rings (SSSR count). The van der Waals surface area contributed by atoms with Crippen molar-refractivity contribution in [1.82, 2.24) is 4.90 Å². The lowest BCUT2D eigenvalue weighted by atomic mass is 10.1. The molecule has 6 heteroatoms. The molecule has 2 aliphatic rings. The summed E-state index contributed by atoms with van der Waals surface area (Å²) < 4.78 is 5.35. The molecule has 1 saturated heterocycles. The van der Waals surface area contributed by atoms with Crippen molar-refractivity contribution in [3.63, 3.8) is 0 Å². The van der Waals surface area contributed by atoms with Crippen molar-refractivity contribution in [2.24, 2.45) is 0 Å². The second kappa shape index (κ2) is 4.71. The molecular formula is C16H14N2O4. The van der Waals surface area contributed by atoms with E-state index in [2.05, 4.69) is 5.32 Å². The summed E-state index contributed by atoms with van der Waals surface area (Å²) in [6.07, 6.45) is 1.18. The maximum absolute atomic E-state index is 12.7. The van der Waals surface area contributed by atoms with Crippen molar-refractivity contribution in [2.45, 2.75) is 18.6 Å². The zero-order valence-electron chi connectivity index (χ0n) is 11.7. The third-order valence-corrected chi connectivity index (χ3v) is 4.16. The summed E-state index contributed by atoms with van der Waals surface area (Å²) in [7, 11) is 0. The van der Waals surface area contributed by atoms with Crippen LogP contribution in [0.4, 0.5) is 5.69 Å². The summed E-state index contributed by atoms with van der Waals surface area (Å²) >= 11 is 0. The van der Waals surface area contributed by atoms with Crippen LogP contribution < -0.4 is 5.32 Å². The lowest BCUT2D eigenvalue weighted by Gasteiger charge is -2.19. The highest BCUT2D eigenvalue weighted by Crippen LogP contribution is 2.32. The Bertz CT molecular complexity index is 754. The Morgan fingerprint density at radius 3 is 2.91 bits per heavy atom. The smallest absolute Gasteiger partial charge is 0.256 e. The molecule has 0 spiro atoms. The molecule has 0 radical (unpaired) electrons. The van der Waals surface area contributed by atoms with Gasteiger partial charge in [-0.15, -0.1) is 0 Å². The van der Waals surface area contributed by atoms with Crippen molar-refractivity contribution < 1.29 is 19.1 Å². The first-order valence-corrected chi connectivity index (χ1v) is 7.11. The first-order chi connectivity index (χ1) is 10.6. The number of carbonyl (C=O) groups is 2. The number of hydrogen-bond acceptors (Lipinski definition) is 4. The summed E-state index contributed by atoms with van der Waals surface area (Å²) in [6.45, 7) is 0.182. The van der Waals surface area contributed by atoms with Gasteiger partial charge in [0.25, 0.3) is 5.91 Å². The lowest BCUT2D eigenvalue weighted by molar-refractivity contribution is -0.119. The number of furan rings is 1. The standard InChI is InChI=1S/C16H14N2O4/c19-10-7-13-15(20)17-12-4-3-9(14-2-1-5-22-14)6-11(12)16(21)18(13)8-10/h1-6,10,13,19H,7-8H2,(H,17,20). The summed E-state index contributed by atoms with van der Waals surface area (Å²) in [5, 5.41) is 12.5. The highest BCUT2D eigenvalue weighted by Gasteiger charge is 2.42. The summed E-state index contributed by atoms with van der Waals surface area (Å²) in [5.74, 6) is 0.155. The van der Waals surface area contributed by atoms with Crippen LogP contribution in [-0.2, 0) is 4.79 Å². The van der Waals surface area contributed by atoms with Gasteiger partial charge in [0, 0.05) is 18.5 Å². The Kier molecular flexibility index (Phi) is 2.80. The van der Waals surface area contributed by atoms with Crippen LogP contribution in [0.25, 0.3) is 11.3 Å². The van der Waals surface area contributed by atoms with Crippen molar-refractivity contribution in [1.29, 1.82) is 0 Å². The van der Waals surface area contributed by atoms with Crippen LogP contribution in [-0.4, -0.2) is 40.5 Å². The molecule has 0 aliphatic carbocycles. The van der Waals surface area contributed by atoms with Crippen molar-refractivity contribution >= 4 is 17.5 Å². The lowest BCUT2D eigenvalue weighted by Crippen LogP contribution is -2.40. The number of aliphatic hydroxyl groups is 1. The molecule has 1 aromatic heterocycles. The number of nitrogens with one attached hydrogen (secondary N) is 1. The Balaban J connectivity index is 1.80. The number of anilines is 1. The van der Waals surface area contributed by atoms with Crippen LogP contribution in [0.2, 0.25) is 0 Å². The summed E-state index contributed by atoms with van der Waals surface area (Å²) in [4.78, 5) is 26.4. The van der Waals surface area contributed by atoms with Gasteiger partial charge in [0.05, 0.1) is 23.6 Å². The number of rotatable bonds is 1. The molecule has 0 bridgehead atoms. The first-order valence-electron chi connectivity index (χ1n) is 7.11. The average molecular weight is 298 g/mol. The zero-order chi connectivity index (χ0) is 15.3. The molecule has 2 atom stereocenters. The minimum absolute atomic E-state index is 0.182. The van der Waals surface area contributed by atoms with E-state index in [0.717, 1.165) is 5.56 Å². The maximum Gasteiger partial charge on any atom is 0.256 e. The predicted molar refractivity (Wildman–Crippen MR) is 78.2 cm³/mol. The largest absolute Gasteiger partial charge is 0.464 e. The van der Waals surface area contributed by atoms with E-state index in [4.69, 9.17) is 4.42 Å². The maximum atomic E-state index is 12.7. The third-order valence-electron chi connectivity index (χ3n) is 4.16. The third kappa shape index (κ3) is 1.92. The van der Waals surface area contributed by atoms with Gasteiger partial charge in [-0.1, -0.05) is 0 Å². The highest BCUT2D eigenvalue weighted by molar-refractivity contribution is 6.10. The normalized spacial score (nSPS) is 23.8. The molecule has 2 N–H and O–H groups in total. The van der Waals surface area contributed by atoms with Crippen LogP contribution in [0.1, 0.15) is 16.8 Å². The van der Waals surface area contributed by atoms with Crippen LogP contribution in [0, 0.1) is 0 Å². The van der Waals surface area contributed by atoms with Gasteiger partial charge in [-0.25, -0.2) is 0 Å². The van der Waals surface area contributed by atoms with Gasteiger partial charge in [0.1, 0.15) is 11.8 Å². The van der Waals surface area contributed by atoms with E-state index in [9.17, 15) is 14.7 Å². The number of benzene rings is 1. The van der Waals surface area contributed by atoms with Gasteiger partial charge < -0.3 is 19.7 Å². The van der Waals surface area contributed by atoms with Crippen molar-refractivity contribution in [3.05, 3.63) is 42.2 Å². The van der Waals surface area contributed by atoms with E-state index in [-0.39, 0.29) is 24.8 Å². The Morgan fingerprint density at radius 1 is 1.27 bits per heavy atom. The fourth-order valence-electron chi connectivity index (χ4n) is 3.08. The number of aliphatic hydroxyl groups excluding tert-OH is 1. The van der Waals surface area contributed by atoms with Crippen molar-refractivity contribution in [3.8, 4) is 11.3 Å². The number of fused-ring (bicyclic) bond motifs is 2. The SMILES string of the molecule is O=C1Nc2ccc(-c3ccco3)cc2C(=O)N2CC(O)CC12. The number of nitrogens with zero attached hydrogens (tertiary/aromatic N) is 1. The monoisotopic (exact) mass is 298 g/mol. The molecule has 6 nitrogen and oxygen atoms in total. The van der Waals surface area contributed by atoms with Gasteiger partial charge >= 0.3 is 0 Å². The molecule has 3 heterocycles. The predicted octanol–water partition coefficient (Wildman–Crippen LogP) is 1.47. The van der Waals surface area contributed by atoms with E-state index in [1.165, 1.54) is 4.90 Å². The Hall–Kier alpha value is -2.60. The summed E-state index contributed by atoms with van der Waals surface area (Å²) in [6, 6.07) is 8.20. The van der Waals surface area contributed by atoms with Crippen molar-refractivity contribution in [2.75, 3.05) is 11.9 Å². The molecule has 2 unspecified atom stereocenters. The molecule has 0 saturated carbocycles. The average Bonchev–Trinajstić information content (AvgIpc) is 3.14. The van der Waals surface area contributed by atoms with Gasteiger partial charge in [-0.3, -0.25) is 9.59 Å². The van der Waals surface area contributed by atoms with E-state index in [1.54, 1.807) is 30.5 Å². The minimum atomic E-state index is -0.658. The van der Waals surface area contributed by atoms with E-state index >= 15 is 0 Å². The topological polar surface area (TPSA) is 82.8 Å². The van der Waals surface area contributed by atoms with Gasteiger partial charge in [0.15, 0.2) is 0 Å². The Labute approximate surface area is 126 Å². The summed E-state index contributed by atoms with van der Waals surface area (Å²) in [5.41, 5.74) is 1.68. The van der Waals surface area contributed by atoms with Gasteiger partial charge in [0.2, 0.25) is 5.91 Å². The molecule has 112 valence electrons. The van der Waals surface area contributed by atoms with Crippen LogP contribution in [0.15, 0.2) is 41.0 Å². The molecular weight excluding hydrogens is 284 g/mol. The van der Waals surface area contributed by atoms with Crippen LogP contribution in [0.3, 0.4) is 0 Å². The Morgan fingerprint density at radius 2 is 2.14 bits per heavy atom. The molecule has 2 aromatic rings. The molecule has 2 amide bonds. The van der Waals surface area contributed by atoms with Gasteiger partial charge in [-0.2, -0.15) is 0 Å². The van der Waals surface area contributed by atoms with E-state index in [0.29, 0.717) is 17.0 Å². The first kappa shape index (κ1) is 13.1. The molecule has 2 aliphatic heterocycles. The van der Waals surface area contributed by atoms with E-state index in [1.807, 2.05) is 6.07 Å². The highest BCUT2D eigenvalue weighted by atomic mass is 16.3. The zero-order valence-corrected chi connectivity index (χ0v) is 11.7. The van der Waals surface area contributed by atoms with Crippen LogP contribution >= 0.6 is 0 Å². The minimum Gasteiger partial charge on any atom is -0.464 e. The number of carbonyl (C=O) groups excluding carboxylic acids is 2. The second-order valence-electron chi connectivity index (χ2n) is 5.59. The number of hydrogen-bond donors (Lipinski definition) is 2. The number of amides is 2.